The van der Waals surface area contributed by atoms with E-state index in [-0.39, 0.29) is 17.4 Å². The Morgan fingerprint density at radius 3 is 2.26 bits per heavy atom. The molecule has 0 radical (unpaired) electrons. The zero-order valence-corrected chi connectivity index (χ0v) is 20.0. The summed E-state index contributed by atoms with van der Waals surface area (Å²) in [5, 5.41) is 0. The number of sulfonamides is 1. The van der Waals surface area contributed by atoms with Crippen LogP contribution in [0.15, 0.2) is 59.5 Å². The molecule has 180 valence electrons. The summed E-state index contributed by atoms with van der Waals surface area (Å²) in [5.74, 6) is -0.841. The van der Waals surface area contributed by atoms with Crippen LogP contribution < -0.4 is 0 Å². The number of fused-ring (bicyclic) bond motifs is 1. The monoisotopic (exact) mass is 482 g/mol. The third-order valence-corrected chi connectivity index (χ3v) is 8.23. The Morgan fingerprint density at radius 1 is 0.882 bits per heavy atom. The largest absolute Gasteiger partial charge is 0.452 e. The fourth-order valence-electron chi connectivity index (χ4n) is 4.33. The molecule has 0 saturated carbocycles. The van der Waals surface area contributed by atoms with Crippen molar-refractivity contribution in [1.29, 1.82) is 0 Å². The van der Waals surface area contributed by atoms with Gasteiger partial charge in [-0.2, -0.15) is 4.31 Å². The number of hydrogen-bond acceptors (Lipinski definition) is 5. The number of hydrogen-bond donors (Lipinski definition) is 0. The molecule has 2 aromatic carbocycles. The third kappa shape index (κ3) is 5.93. The van der Waals surface area contributed by atoms with Gasteiger partial charge in [0.25, 0.3) is 5.91 Å². The van der Waals surface area contributed by atoms with Crippen molar-refractivity contribution in [3.63, 3.8) is 0 Å². The lowest BCUT2D eigenvalue weighted by atomic mass is 10.00. The summed E-state index contributed by atoms with van der Waals surface area (Å²) in [6.45, 7) is 1.93. The van der Waals surface area contributed by atoms with Gasteiger partial charge < -0.3 is 9.64 Å². The molecule has 0 atom stereocenters. The van der Waals surface area contributed by atoms with E-state index in [1.54, 1.807) is 39.5 Å². The summed E-state index contributed by atoms with van der Waals surface area (Å²) in [6, 6.07) is 14.5. The van der Waals surface area contributed by atoms with Gasteiger partial charge in [0.2, 0.25) is 10.0 Å². The van der Waals surface area contributed by atoms with Crippen LogP contribution in [0.25, 0.3) is 6.08 Å². The highest BCUT2D eigenvalue weighted by molar-refractivity contribution is 7.89. The van der Waals surface area contributed by atoms with Crippen molar-refractivity contribution >= 4 is 28.0 Å². The highest BCUT2D eigenvalue weighted by Crippen LogP contribution is 2.21. The minimum atomic E-state index is -3.51. The molecule has 2 aliphatic heterocycles. The van der Waals surface area contributed by atoms with E-state index in [1.165, 1.54) is 11.6 Å². The third-order valence-electron chi connectivity index (χ3n) is 6.32. The summed E-state index contributed by atoms with van der Waals surface area (Å²) in [5.41, 5.74) is 3.04. The van der Waals surface area contributed by atoms with E-state index in [4.69, 9.17) is 4.74 Å². The zero-order valence-electron chi connectivity index (χ0n) is 19.2. The predicted octanol–water partition coefficient (Wildman–Crippen LogP) is 3.39. The molecule has 0 spiro atoms. The van der Waals surface area contributed by atoms with Gasteiger partial charge in [0.1, 0.15) is 0 Å². The van der Waals surface area contributed by atoms with E-state index in [0.717, 1.165) is 37.7 Å². The maximum absolute atomic E-state index is 12.9. The Hall–Kier alpha value is -2.97. The first kappa shape index (κ1) is 24.2. The van der Waals surface area contributed by atoms with Crippen molar-refractivity contribution in [3.05, 3.63) is 71.3 Å². The van der Waals surface area contributed by atoms with Crippen molar-refractivity contribution < 1.29 is 22.7 Å². The molecule has 7 nitrogen and oxygen atoms in total. The van der Waals surface area contributed by atoms with Crippen molar-refractivity contribution in [2.45, 2.75) is 43.5 Å². The molecule has 1 fully saturated rings. The topological polar surface area (TPSA) is 84.0 Å². The van der Waals surface area contributed by atoms with Crippen LogP contribution in [0, 0.1) is 0 Å². The summed E-state index contributed by atoms with van der Waals surface area (Å²) < 4.78 is 32.4. The molecule has 2 heterocycles. The van der Waals surface area contributed by atoms with Crippen LogP contribution in [0.2, 0.25) is 0 Å². The van der Waals surface area contributed by atoms with Gasteiger partial charge in [-0.25, -0.2) is 13.2 Å². The highest BCUT2D eigenvalue weighted by Gasteiger charge is 2.25. The lowest BCUT2D eigenvalue weighted by molar-refractivity contribution is -0.148. The van der Waals surface area contributed by atoms with Gasteiger partial charge in [0.05, 0.1) is 4.90 Å². The summed E-state index contributed by atoms with van der Waals surface area (Å²) in [7, 11) is -3.51. The minimum Gasteiger partial charge on any atom is -0.452 e. The smallest absolute Gasteiger partial charge is 0.331 e. The lowest BCUT2D eigenvalue weighted by Crippen LogP contribution is -2.38. The number of amides is 1. The molecular weight excluding hydrogens is 452 g/mol. The number of nitrogens with zero attached hydrogens (tertiary/aromatic N) is 2. The average Bonchev–Trinajstić information content (AvgIpc) is 3.16. The fourth-order valence-corrected chi connectivity index (χ4v) is 5.84. The van der Waals surface area contributed by atoms with Crippen LogP contribution in [-0.2, 0) is 37.3 Å². The molecule has 0 bridgehead atoms. The van der Waals surface area contributed by atoms with Crippen LogP contribution in [0.3, 0.4) is 0 Å². The molecule has 4 rings (SSSR count). The number of carbonyl (C=O) groups excluding carboxylic acids is 2. The van der Waals surface area contributed by atoms with Gasteiger partial charge in [-0.3, -0.25) is 4.79 Å². The molecule has 8 heteroatoms. The van der Waals surface area contributed by atoms with Crippen LogP contribution in [0.1, 0.15) is 42.4 Å². The number of carbonyl (C=O) groups is 2. The van der Waals surface area contributed by atoms with E-state index in [2.05, 4.69) is 6.07 Å². The zero-order chi connectivity index (χ0) is 24.0. The lowest BCUT2D eigenvalue weighted by Gasteiger charge is -2.28. The van der Waals surface area contributed by atoms with E-state index >= 15 is 0 Å². The standard InChI is InChI=1S/C26H30N2O5S/c29-25(27-18-15-22-7-3-4-8-23(22)19-27)20-33-26(30)14-11-21-9-12-24(13-10-21)34(31,32)28-16-5-1-2-6-17-28/h3-4,7-14H,1-2,5-6,15-20H2/b14-11+. The molecule has 0 aromatic heterocycles. The number of benzene rings is 2. The normalized spacial score (nSPS) is 17.2. The second-order valence-corrected chi connectivity index (χ2v) is 10.6. The Balaban J connectivity index is 1.28. The van der Waals surface area contributed by atoms with Crippen molar-refractivity contribution in [3.8, 4) is 0 Å². The Kier molecular flexibility index (Phi) is 7.80. The van der Waals surface area contributed by atoms with Gasteiger partial charge in [0, 0.05) is 32.3 Å². The molecule has 2 aliphatic rings. The van der Waals surface area contributed by atoms with Crippen LogP contribution in [-0.4, -0.2) is 55.7 Å². The molecular formula is C26H30N2O5S. The minimum absolute atomic E-state index is 0.223. The van der Waals surface area contributed by atoms with E-state index in [1.807, 2.05) is 18.2 Å². The SMILES string of the molecule is O=C(/C=C/c1ccc(S(=O)(=O)N2CCCCCC2)cc1)OCC(=O)N1CCc2ccccc2C1. The molecule has 0 unspecified atom stereocenters. The summed E-state index contributed by atoms with van der Waals surface area (Å²) in [6.07, 6.45) is 7.47. The molecule has 0 N–H and O–H groups in total. The number of rotatable bonds is 6. The van der Waals surface area contributed by atoms with Crippen LogP contribution in [0.4, 0.5) is 0 Å². The van der Waals surface area contributed by atoms with Crippen LogP contribution >= 0.6 is 0 Å². The first-order chi connectivity index (χ1) is 16.4. The maximum Gasteiger partial charge on any atom is 0.331 e. The van der Waals surface area contributed by atoms with Gasteiger partial charge in [0.15, 0.2) is 6.61 Å². The van der Waals surface area contributed by atoms with E-state index in [9.17, 15) is 18.0 Å². The summed E-state index contributed by atoms with van der Waals surface area (Å²) in [4.78, 5) is 26.5. The Labute approximate surface area is 201 Å². The van der Waals surface area contributed by atoms with Gasteiger partial charge in [-0.05, 0) is 54.2 Å². The molecule has 1 amide bonds. The fraction of sp³-hybridized carbons (Fsp3) is 0.385. The first-order valence-corrected chi connectivity index (χ1v) is 13.2. The molecule has 0 aliphatic carbocycles. The number of ether oxygens (including phenoxy) is 1. The first-order valence-electron chi connectivity index (χ1n) is 11.7. The van der Waals surface area contributed by atoms with Gasteiger partial charge in [-0.15, -0.1) is 0 Å². The van der Waals surface area contributed by atoms with E-state index < -0.39 is 16.0 Å². The molecule has 1 saturated heterocycles. The highest BCUT2D eigenvalue weighted by atomic mass is 32.2. The summed E-state index contributed by atoms with van der Waals surface area (Å²) >= 11 is 0. The Morgan fingerprint density at radius 2 is 1.56 bits per heavy atom. The van der Waals surface area contributed by atoms with Gasteiger partial charge >= 0.3 is 5.97 Å². The quantitative estimate of drug-likeness (QED) is 0.466. The second kappa shape index (κ2) is 11.0. The second-order valence-electron chi connectivity index (χ2n) is 8.66. The van der Waals surface area contributed by atoms with Crippen molar-refractivity contribution in [1.82, 2.24) is 9.21 Å². The molecule has 34 heavy (non-hydrogen) atoms. The molecule has 2 aromatic rings. The predicted molar refractivity (Wildman–Crippen MR) is 129 cm³/mol. The van der Waals surface area contributed by atoms with Crippen LogP contribution in [0.5, 0.6) is 0 Å². The van der Waals surface area contributed by atoms with E-state index in [0.29, 0.717) is 31.7 Å². The van der Waals surface area contributed by atoms with Crippen molar-refractivity contribution in [2.75, 3.05) is 26.2 Å². The van der Waals surface area contributed by atoms with Crippen molar-refractivity contribution in [2.24, 2.45) is 0 Å². The maximum atomic E-state index is 12.9. The van der Waals surface area contributed by atoms with Gasteiger partial charge in [-0.1, -0.05) is 49.2 Å². The Bertz CT molecular complexity index is 1150. The average molecular weight is 483 g/mol. The number of esters is 1.